The van der Waals surface area contributed by atoms with Crippen molar-refractivity contribution < 1.29 is 17.4 Å². The molecule has 0 unspecified atom stereocenters. The molecule has 1 aromatic carbocycles. The molecule has 0 fully saturated rings. The molecule has 1 aromatic rings. The van der Waals surface area contributed by atoms with Crippen LogP contribution < -0.4 is 0 Å². The van der Waals surface area contributed by atoms with Crippen LogP contribution in [0.15, 0.2) is 29.2 Å². The number of benzene rings is 1. The number of halogens is 1. The van der Waals surface area contributed by atoms with Gasteiger partial charge in [-0.05, 0) is 12.1 Å². The monoisotopic (exact) mass is 216 g/mol. The van der Waals surface area contributed by atoms with Gasteiger partial charge in [0, 0.05) is 0 Å². The van der Waals surface area contributed by atoms with E-state index in [0.717, 1.165) is 12.1 Å². The molecule has 0 atom stereocenters. The van der Waals surface area contributed by atoms with E-state index in [9.17, 15) is 12.8 Å². The van der Waals surface area contributed by atoms with Gasteiger partial charge in [-0.3, -0.25) is 4.55 Å². The molecule has 0 amide bonds. The van der Waals surface area contributed by atoms with Gasteiger partial charge in [0.05, 0.1) is 0 Å². The molecule has 0 heterocycles. The second-order valence-corrected chi connectivity index (χ2v) is 3.30. The summed E-state index contributed by atoms with van der Waals surface area (Å²) in [5.41, 5.74) is 0. The number of rotatable bonds is 1. The molecule has 0 radical (unpaired) electrons. The van der Waals surface area contributed by atoms with Crippen molar-refractivity contribution in [2.24, 2.45) is 0 Å². The second-order valence-electron chi connectivity index (χ2n) is 1.91. The molecule has 12 heavy (non-hydrogen) atoms. The first-order valence-corrected chi connectivity index (χ1v) is 4.18. The Hall–Kier alpha value is 0.696. The molecule has 6 heteroatoms. The molecule has 0 aliphatic carbocycles. The average molecular weight is 216 g/mol. The molecule has 1 N–H and O–H groups in total. The van der Waals surface area contributed by atoms with Gasteiger partial charge in [-0.15, -0.1) is 0 Å². The van der Waals surface area contributed by atoms with E-state index < -0.39 is 20.8 Å². The molecule has 0 aromatic heterocycles. The molecular formula is C6H6FKO3S. The Morgan fingerprint density at radius 1 is 1.25 bits per heavy atom. The van der Waals surface area contributed by atoms with Gasteiger partial charge in [-0.1, -0.05) is 12.1 Å². The van der Waals surface area contributed by atoms with E-state index >= 15 is 0 Å². The summed E-state index contributed by atoms with van der Waals surface area (Å²) in [7, 11) is -4.41. The first-order valence-electron chi connectivity index (χ1n) is 2.74. The Kier molecular flexibility index (Phi) is 5.08. The van der Waals surface area contributed by atoms with E-state index in [-0.39, 0.29) is 51.4 Å². The van der Waals surface area contributed by atoms with Crippen LogP contribution in [-0.2, 0) is 10.1 Å². The van der Waals surface area contributed by atoms with Gasteiger partial charge in [0.1, 0.15) is 10.7 Å². The Balaban J connectivity index is 0.00000121. The Morgan fingerprint density at radius 3 is 2.08 bits per heavy atom. The van der Waals surface area contributed by atoms with E-state index in [0.29, 0.717) is 0 Å². The van der Waals surface area contributed by atoms with E-state index in [1.165, 1.54) is 12.1 Å². The zero-order valence-corrected chi connectivity index (χ0v) is 6.18. The summed E-state index contributed by atoms with van der Waals surface area (Å²) in [6.45, 7) is 0. The quantitative estimate of drug-likeness (QED) is 0.547. The number of hydrogen-bond donors (Lipinski definition) is 1. The van der Waals surface area contributed by atoms with Crippen molar-refractivity contribution in [3.05, 3.63) is 30.1 Å². The van der Waals surface area contributed by atoms with Crippen LogP contribution in [0.4, 0.5) is 4.39 Å². The van der Waals surface area contributed by atoms with Crippen molar-refractivity contribution in [1.82, 2.24) is 0 Å². The number of hydrogen-bond acceptors (Lipinski definition) is 2. The van der Waals surface area contributed by atoms with Crippen molar-refractivity contribution in [3.8, 4) is 0 Å². The molecule has 0 saturated carbocycles. The fourth-order valence-electron chi connectivity index (χ4n) is 0.654. The topological polar surface area (TPSA) is 54.4 Å². The van der Waals surface area contributed by atoms with Crippen LogP contribution in [-0.4, -0.2) is 64.4 Å². The molecule has 1 rings (SSSR count). The van der Waals surface area contributed by atoms with Crippen molar-refractivity contribution in [2.45, 2.75) is 4.90 Å². The van der Waals surface area contributed by atoms with Gasteiger partial charge in [0.25, 0.3) is 10.1 Å². The van der Waals surface area contributed by atoms with E-state index in [2.05, 4.69) is 0 Å². The van der Waals surface area contributed by atoms with E-state index in [4.69, 9.17) is 4.55 Å². The molecule has 0 spiro atoms. The van der Waals surface area contributed by atoms with Gasteiger partial charge in [0.15, 0.2) is 0 Å². The molecule has 0 aliphatic rings. The summed E-state index contributed by atoms with van der Waals surface area (Å²) < 4.78 is 41.7. The third-order valence-corrected chi connectivity index (χ3v) is 2.00. The molecule has 0 bridgehead atoms. The Labute approximate surface area is 112 Å². The average Bonchev–Trinajstić information content (AvgIpc) is 1.86. The minimum atomic E-state index is -4.41. The Bertz CT molecular complexity index is 363. The van der Waals surface area contributed by atoms with Gasteiger partial charge in [-0.25, -0.2) is 4.39 Å². The van der Waals surface area contributed by atoms with Crippen LogP contribution in [0.2, 0.25) is 0 Å². The summed E-state index contributed by atoms with van der Waals surface area (Å²) in [4.78, 5) is -0.694. The summed E-state index contributed by atoms with van der Waals surface area (Å²) in [6, 6.07) is 4.62. The molecule has 3 nitrogen and oxygen atoms in total. The third kappa shape index (κ3) is 3.21. The van der Waals surface area contributed by atoms with Gasteiger partial charge < -0.3 is 0 Å². The zero-order valence-electron chi connectivity index (χ0n) is 5.36. The molecular weight excluding hydrogens is 210 g/mol. The fourth-order valence-corrected chi connectivity index (χ4v) is 1.22. The van der Waals surface area contributed by atoms with Crippen molar-refractivity contribution in [2.75, 3.05) is 0 Å². The first-order chi connectivity index (χ1) is 5.02. The third-order valence-electron chi connectivity index (χ3n) is 1.11. The predicted molar refractivity (Wildman–Crippen MR) is 43.4 cm³/mol. The van der Waals surface area contributed by atoms with Gasteiger partial charge >= 0.3 is 51.4 Å². The first kappa shape index (κ1) is 12.7. The van der Waals surface area contributed by atoms with E-state index in [1.807, 2.05) is 0 Å². The van der Waals surface area contributed by atoms with Crippen molar-refractivity contribution >= 4 is 61.5 Å². The van der Waals surface area contributed by atoms with Crippen LogP contribution in [0.5, 0.6) is 0 Å². The van der Waals surface area contributed by atoms with Crippen LogP contribution in [0, 0.1) is 5.82 Å². The Morgan fingerprint density at radius 2 is 1.75 bits per heavy atom. The normalized spacial score (nSPS) is 10.5. The van der Waals surface area contributed by atoms with Crippen molar-refractivity contribution in [1.29, 1.82) is 0 Å². The predicted octanol–water partition coefficient (Wildman–Crippen LogP) is 0.424. The fraction of sp³-hybridized carbons (Fsp3) is 0. The minimum absolute atomic E-state index is 0. The van der Waals surface area contributed by atoms with Crippen LogP contribution in [0.3, 0.4) is 0 Å². The van der Waals surface area contributed by atoms with Crippen molar-refractivity contribution in [3.63, 3.8) is 0 Å². The van der Waals surface area contributed by atoms with Crippen LogP contribution in [0.1, 0.15) is 0 Å². The summed E-state index contributed by atoms with van der Waals surface area (Å²) in [6.07, 6.45) is 0. The second kappa shape index (κ2) is 4.80. The zero-order chi connectivity index (χ0) is 8.48. The van der Waals surface area contributed by atoms with Gasteiger partial charge in [-0.2, -0.15) is 8.42 Å². The van der Waals surface area contributed by atoms with Crippen LogP contribution in [0.25, 0.3) is 0 Å². The maximum atomic E-state index is 12.5. The summed E-state index contributed by atoms with van der Waals surface area (Å²) in [5.74, 6) is -0.949. The van der Waals surface area contributed by atoms with Gasteiger partial charge in [0.2, 0.25) is 0 Å². The molecule has 0 aliphatic heterocycles. The SMILES string of the molecule is O=S(=O)(O)c1ccccc1F.[KH]. The summed E-state index contributed by atoms with van der Waals surface area (Å²) >= 11 is 0. The van der Waals surface area contributed by atoms with Crippen LogP contribution >= 0.6 is 0 Å². The summed E-state index contributed by atoms with van der Waals surface area (Å²) in [5, 5.41) is 0. The molecule has 0 saturated heterocycles. The molecule has 62 valence electrons. The maximum absolute atomic E-state index is 12.5. The standard InChI is InChI=1S/C6H5FO3S.K.H/c7-5-3-1-2-4-6(5)11(8,9)10;;/h1-4H,(H,8,9,10);;. The van der Waals surface area contributed by atoms with E-state index in [1.54, 1.807) is 0 Å².